The van der Waals surface area contributed by atoms with Gasteiger partial charge in [-0.15, -0.1) is 0 Å². The largest absolute Gasteiger partial charge is 0.361 e. The highest BCUT2D eigenvalue weighted by atomic mass is 15.2. The van der Waals surface area contributed by atoms with E-state index in [1.807, 2.05) is 42.6 Å². The van der Waals surface area contributed by atoms with E-state index in [9.17, 15) is 0 Å². The summed E-state index contributed by atoms with van der Waals surface area (Å²) < 4.78 is 0. The monoisotopic (exact) mass is 687 g/mol. The Bertz CT molecular complexity index is 2710. The molecule has 0 radical (unpaired) electrons. The molecule has 53 heavy (non-hydrogen) atoms. The lowest BCUT2D eigenvalue weighted by Gasteiger charge is -2.40. The van der Waals surface area contributed by atoms with Gasteiger partial charge in [-0.1, -0.05) is 86.7 Å². The van der Waals surface area contributed by atoms with Crippen LogP contribution < -0.4 is 16.0 Å². The van der Waals surface area contributed by atoms with E-state index in [0.717, 1.165) is 29.1 Å². The predicted molar refractivity (Wildman–Crippen MR) is 217 cm³/mol. The van der Waals surface area contributed by atoms with Crippen LogP contribution in [0.2, 0.25) is 0 Å². The fourth-order valence-corrected chi connectivity index (χ4v) is 9.40. The van der Waals surface area contributed by atoms with Crippen molar-refractivity contribution < 1.29 is 0 Å². The molecule has 3 aromatic carbocycles. The molecule has 0 spiro atoms. The van der Waals surface area contributed by atoms with E-state index < -0.39 is 0 Å². The number of hydrogen-bond donors (Lipinski definition) is 4. The Balaban J connectivity index is 0.932. The lowest BCUT2D eigenvalue weighted by atomic mass is 9.62. The number of nitrogens with zero attached hydrogens (tertiary/aromatic N) is 3. The maximum absolute atomic E-state index is 4.90. The van der Waals surface area contributed by atoms with Crippen LogP contribution in [0.1, 0.15) is 30.5 Å². The zero-order valence-corrected chi connectivity index (χ0v) is 29.5. The summed E-state index contributed by atoms with van der Waals surface area (Å²) in [5, 5.41) is 13.4. The van der Waals surface area contributed by atoms with Crippen molar-refractivity contribution in [2.24, 2.45) is 22.2 Å². The number of benzene rings is 3. The topological polar surface area (TPSA) is 90.0 Å². The quantitative estimate of drug-likeness (QED) is 0.145. The average molecular weight is 688 g/mol. The van der Waals surface area contributed by atoms with E-state index in [0.29, 0.717) is 11.7 Å². The molecule has 7 nitrogen and oxygen atoms in total. The number of H-pyrrole nitrogens is 1. The van der Waals surface area contributed by atoms with Gasteiger partial charge in [0, 0.05) is 73.6 Å². The van der Waals surface area contributed by atoms with Crippen LogP contribution in [0, 0.1) is 17.3 Å². The molecule has 3 aromatic heterocycles. The van der Waals surface area contributed by atoms with Gasteiger partial charge in [0.2, 0.25) is 0 Å². The molecule has 4 unspecified atom stereocenters. The van der Waals surface area contributed by atoms with Crippen molar-refractivity contribution in [2.45, 2.75) is 26.4 Å². The van der Waals surface area contributed by atoms with E-state index in [2.05, 4.69) is 130 Å². The van der Waals surface area contributed by atoms with E-state index in [1.54, 1.807) is 6.20 Å². The number of hydrogen-bond acceptors (Lipinski definition) is 5. The molecular formula is C46H37N7. The number of aliphatic imine (C=N–C) groups is 1. The van der Waals surface area contributed by atoms with Gasteiger partial charge >= 0.3 is 0 Å². The second-order valence-corrected chi connectivity index (χ2v) is 15.1. The van der Waals surface area contributed by atoms with Crippen LogP contribution in [0.3, 0.4) is 0 Å². The number of rotatable bonds is 5. The summed E-state index contributed by atoms with van der Waals surface area (Å²) in [6.07, 6.45) is 18.3. The minimum Gasteiger partial charge on any atom is -0.361 e. The van der Waals surface area contributed by atoms with Crippen molar-refractivity contribution in [3.63, 3.8) is 0 Å². The molecule has 0 bridgehead atoms. The van der Waals surface area contributed by atoms with Crippen molar-refractivity contribution >= 4 is 56.1 Å². The first kappa shape index (κ1) is 30.2. The van der Waals surface area contributed by atoms with Crippen LogP contribution in [-0.4, -0.2) is 27.0 Å². The normalized spacial score (nSPS) is 24.2. The van der Waals surface area contributed by atoms with Crippen LogP contribution in [0.5, 0.6) is 0 Å². The van der Waals surface area contributed by atoms with Crippen LogP contribution in [-0.2, 0) is 6.42 Å². The third-order valence-electron chi connectivity index (χ3n) is 11.7. The average Bonchev–Trinajstić information content (AvgIpc) is 3.84. The highest BCUT2D eigenvalue weighted by molar-refractivity contribution is 6.10. The zero-order chi connectivity index (χ0) is 35.3. The summed E-state index contributed by atoms with van der Waals surface area (Å²) >= 11 is 0. The number of anilines is 2. The molecule has 4 atom stereocenters. The molecule has 4 N–H and O–H groups in total. The zero-order valence-electron chi connectivity index (χ0n) is 29.5. The molecule has 11 rings (SSSR count). The van der Waals surface area contributed by atoms with Gasteiger partial charge in [0.15, 0.2) is 5.82 Å². The molecular weight excluding hydrogens is 651 g/mol. The summed E-state index contributed by atoms with van der Waals surface area (Å²) in [7, 11) is 0. The predicted octanol–water partition coefficient (Wildman–Crippen LogP) is 9.95. The van der Waals surface area contributed by atoms with Crippen molar-refractivity contribution in [1.82, 2.24) is 20.3 Å². The molecule has 2 aliphatic heterocycles. The van der Waals surface area contributed by atoms with E-state index >= 15 is 0 Å². The second kappa shape index (κ2) is 11.3. The van der Waals surface area contributed by atoms with Crippen molar-refractivity contribution in [3.05, 3.63) is 162 Å². The number of allylic oxidation sites excluding steroid dienone is 8. The highest BCUT2D eigenvalue weighted by Gasteiger charge is 2.48. The SMILES string of the molecule is CC1C=C2c3c(ccc(-c4ccc5c(c4)[nH]c4cc(C6=CC=C7NC(=Nc8ccccn8)C8=CC=CC6(C)C78)ccc45)c3C1)NC2Nc1ccccn1. The maximum Gasteiger partial charge on any atom is 0.154 e. The number of nitrogens with one attached hydrogen (secondary N) is 4. The summed E-state index contributed by atoms with van der Waals surface area (Å²) in [6, 6.07) is 30.2. The molecule has 256 valence electrons. The lowest BCUT2D eigenvalue weighted by Crippen LogP contribution is -2.31. The molecule has 5 heterocycles. The molecule has 3 aliphatic carbocycles. The third-order valence-corrected chi connectivity index (χ3v) is 11.7. The molecule has 7 heteroatoms. The number of pyridine rings is 2. The first-order valence-corrected chi connectivity index (χ1v) is 18.5. The molecule has 6 aromatic rings. The van der Waals surface area contributed by atoms with Gasteiger partial charge in [0.05, 0.1) is 0 Å². The lowest BCUT2D eigenvalue weighted by molar-refractivity contribution is 0.445. The Morgan fingerprint density at radius 3 is 2.45 bits per heavy atom. The van der Waals surface area contributed by atoms with Gasteiger partial charge in [0.25, 0.3) is 0 Å². The smallest absolute Gasteiger partial charge is 0.154 e. The molecule has 1 fully saturated rings. The third kappa shape index (κ3) is 4.63. The summed E-state index contributed by atoms with van der Waals surface area (Å²) in [5.41, 5.74) is 14.8. The van der Waals surface area contributed by atoms with Gasteiger partial charge in [-0.05, 0) is 88.7 Å². The fraction of sp³-hybridized carbons (Fsp3) is 0.152. The Morgan fingerprint density at radius 1 is 0.830 bits per heavy atom. The fourth-order valence-electron chi connectivity index (χ4n) is 9.40. The van der Waals surface area contributed by atoms with E-state index in [4.69, 9.17) is 4.99 Å². The van der Waals surface area contributed by atoms with Gasteiger partial charge in [0.1, 0.15) is 17.8 Å². The number of aromatic nitrogens is 3. The Labute approximate surface area is 307 Å². The van der Waals surface area contributed by atoms with Crippen molar-refractivity contribution in [3.8, 4) is 11.1 Å². The summed E-state index contributed by atoms with van der Waals surface area (Å²) in [5.74, 6) is 3.05. The molecule has 1 saturated heterocycles. The maximum atomic E-state index is 4.90. The Hall–Kier alpha value is -6.47. The Morgan fingerprint density at radius 2 is 1.64 bits per heavy atom. The molecule has 0 saturated carbocycles. The van der Waals surface area contributed by atoms with Crippen molar-refractivity contribution in [1.29, 1.82) is 0 Å². The van der Waals surface area contributed by atoms with Crippen LogP contribution in [0.4, 0.5) is 17.3 Å². The summed E-state index contributed by atoms with van der Waals surface area (Å²) in [4.78, 5) is 17.7. The highest BCUT2D eigenvalue weighted by Crippen LogP contribution is 2.55. The second-order valence-electron chi connectivity index (χ2n) is 15.1. The van der Waals surface area contributed by atoms with Crippen LogP contribution in [0.25, 0.3) is 44.1 Å². The summed E-state index contributed by atoms with van der Waals surface area (Å²) in [6.45, 7) is 4.67. The number of aromatic amines is 1. The van der Waals surface area contributed by atoms with Gasteiger partial charge in [-0.25, -0.2) is 15.0 Å². The standard InChI is InChI=1S/C46H37N7/c1-26-22-33-29(15-17-36-42(33)34(23-26)45(50-36)53-41-10-4-6-21-48-41)27-11-13-30-31-14-12-28(25-39(31)49-38(30)24-27)35-16-18-37-43-32(8-7-19-46(35,43)2)44(51-37)52-40-9-3-5-20-47-40/h3-21,23-26,43,45,49-50H,22H2,1-2H3,(H,48,53)(H,47,51,52). The van der Waals surface area contributed by atoms with Crippen LogP contribution in [0.15, 0.2) is 150 Å². The van der Waals surface area contributed by atoms with Crippen molar-refractivity contribution in [2.75, 3.05) is 10.6 Å². The van der Waals surface area contributed by atoms with E-state index in [1.165, 1.54) is 66.7 Å². The Kier molecular flexibility index (Phi) is 6.41. The first-order chi connectivity index (χ1) is 26.0. The minimum atomic E-state index is -0.226. The van der Waals surface area contributed by atoms with Gasteiger partial charge in [-0.3, -0.25) is 0 Å². The van der Waals surface area contributed by atoms with Gasteiger partial charge < -0.3 is 20.9 Å². The number of amidine groups is 1. The molecule has 0 amide bonds. The number of fused-ring (bicyclic) bond motifs is 3. The van der Waals surface area contributed by atoms with Crippen LogP contribution >= 0.6 is 0 Å². The first-order valence-electron chi connectivity index (χ1n) is 18.5. The van der Waals surface area contributed by atoms with Gasteiger partial charge in [-0.2, -0.15) is 0 Å². The van der Waals surface area contributed by atoms with E-state index in [-0.39, 0.29) is 17.5 Å². The molecule has 5 aliphatic rings. The minimum absolute atomic E-state index is 0.0101.